The molecule has 6 heteroatoms. The summed E-state index contributed by atoms with van der Waals surface area (Å²) in [5.74, 6) is -2.04. The lowest BCUT2D eigenvalue weighted by Crippen LogP contribution is -2.26. The molecule has 0 saturated heterocycles. The van der Waals surface area contributed by atoms with Gasteiger partial charge in [-0.25, -0.2) is 9.59 Å². The summed E-state index contributed by atoms with van der Waals surface area (Å²) in [5, 5.41) is 0. The predicted octanol–water partition coefficient (Wildman–Crippen LogP) is 5.98. The van der Waals surface area contributed by atoms with Crippen molar-refractivity contribution in [2.45, 2.75) is 66.6 Å². The number of carbonyl (C=O) groups is 4. The number of esters is 2. The van der Waals surface area contributed by atoms with Gasteiger partial charge in [-0.15, -0.1) is 0 Å². The van der Waals surface area contributed by atoms with Crippen LogP contribution in [0.15, 0.2) is 59.7 Å². The van der Waals surface area contributed by atoms with Gasteiger partial charge in [0.2, 0.25) is 0 Å². The molecule has 0 aliphatic carbocycles. The van der Waals surface area contributed by atoms with Crippen molar-refractivity contribution in [1.82, 2.24) is 0 Å². The molecular weight excluding hydrogens is 456 g/mol. The Morgan fingerprint density at radius 3 is 1.06 bits per heavy atom. The third kappa shape index (κ3) is 8.77. The van der Waals surface area contributed by atoms with Crippen molar-refractivity contribution >= 4 is 35.7 Å². The number of hydrogen-bond acceptors (Lipinski definition) is 6. The molecule has 0 aliphatic rings. The van der Waals surface area contributed by atoms with Crippen LogP contribution in [-0.4, -0.2) is 34.7 Å². The Bertz CT molecular complexity index is 1100. The number of hydrogen-bond donors (Lipinski definition) is 0. The van der Waals surface area contributed by atoms with Gasteiger partial charge in [0.25, 0.3) is 0 Å². The molecule has 2 aromatic rings. The fourth-order valence-corrected chi connectivity index (χ4v) is 3.15. The highest BCUT2D eigenvalue weighted by Crippen LogP contribution is 2.23. The zero-order valence-electron chi connectivity index (χ0n) is 22.2. The second kappa shape index (κ2) is 11.3. The Labute approximate surface area is 213 Å². The Morgan fingerprint density at radius 1 is 0.556 bits per heavy atom. The summed E-state index contributed by atoms with van der Waals surface area (Å²) >= 11 is 0. The van der Waals surface area contributed by atoms with Gasteiger partial charge in [-0.05, 0) is 89.8 Å². The number of carbonyl (C=O) groups excluding carboxylic acids is 4. The molecule has 2 rings (SSSR count). The molecule has 0 radical (unpaired) electrons. The lowest BCUT2D eigenvalue weighted by molar-refractivity contribution is -0.152. The molecule has 0 unspecified atom stereocenters. The van der Waals surface area contributed by atoms with Gasteiger partial charge in [0.1, 0.15) is 22.3 Å². The largest absolute Gasteiger partial charge is 0.456 e. The van der Waals surface area contributed by atoms with Gasteiger partial charge in [0.05, 0.1) is 0 Å². The Balaban J connectivity index is 2.26. The first-order valence-electron chi connectivity index (χ1n) is 11.7. The van der Waals surface area contributed by atoms with Crippen molar-refractivity contribution < 1.29 is 28.7 Å². The Hall–Kier alpha value is -3.80. The van der Waals surface area contributed by atoms with Crippen LogP contribution in [0.1, 0.15) is 66.5 Å². The van der Waals surface area contributed by atoms with Gasteiger partial charge in [-0.3, -0.25) is 9.59 Å². The summed E-state index contributed by atoms with van der Waals surface area (Å²) in [6.07, 6.45) is 3.04. The average molecular weight is 491 g/mol. The first kappa shape index (κ1) is 28.4. The van der Waals surface area contributed by atoms with E-state index in [0.29, 0.717) is 11.1 Å². The van der Waals surface area contributed by atoms with Crippen LogP contribution < -0.4 is 0 Å². The van der Waals surface area contributed by atoms with Crippen LogP contribution in [0.25, 0.3) is 23.3 Å². The van der Waals surface area contributed by atoms with Crippen molar-refractivity contribution in [2.75, 3.05) is 0 Å². The summed E-state index contributed by atoms with van der Waals surface area (Å²) < 4.78 is 10.7. The molecule has 0 N–H and O–H groups in total. The quantitative estimate of drug-likeness (QED) is 0.205. The fraction of sp³-hybridized carbons (Fsp3) is 0.333. The van der Waals surface area contributed by atoms with Gasteiger partial charge in [0.15, 0.2) is 11.6 Å². The summed E-state index contributed by atoms with van der Waals surface area (Å²) in [5.41, 5.74) is 1.80. The zero-order valence-corrected chi connectivity index (χ0v) is 22.2. The normalized spacial score (nSPS) is 12.7. The minimum atomic E-state index is -0.699. The third-order valence-electron chi connectivity index (χ3n) is 4.77. The van der Waals surface area contributed by atoms with E-state index in [1.807, 2.05) is 48.5 Å². The molecule has 36 heavy (non-hydrogen) atoms. The molecule has 0 atom stereocenters. The lowest BCUT2D eigenvalue weighted by Gasteiger charge is -2.20. The molecule has 190 valence electrons. The molecular formula is C30H34O6. The van der Waals surface area contributed by atoms with Crippen LogP contribution in [0.2, 0.25) is 0 Å². The molecule has 0 bridgehead atoms. The zero-order chi connectivity index (χ0) is 27.3. The van der Waals surface area contributed by atoms with Crippen LogP contribution in [0.3, 0.4) is 0 Å². The highest BCUT2D eigenvalue weighted by atomic mass is 16.6. The smallest absolute Gasteiger partial charge is 0.342 e. The molecule has 0 aromatic heterocycles. The monoisotopic (exact) mass is 490 g/mol. The fourth-order valence-electron chi connectivity index (χ4n) is 3.15. The number of ether oxygens (including phenoxy) is 2. The predicted molar refractivity (Wildman–Crippen MR) is 141 cm³/mol. The van der Waals surface area contributed by atoms with Gasteiger partial charge in [-0.1, -0.05) is 48.5 Å². The molecule has 0 fully saturated rings. The second-order valence-corrected chi connectivity index (χ2v) is 10.5. The van der Waals surface area contributed by atoms with Crippen molar-refractivity contribution in [3.05, 3.63) is 70.8 Å². The molecule has 0 amide bonds. The average Bonchev–Trinajstić information content (AvgIpc) is 2.73. The number of ketones is 2. The van der Waals surface area contributed by atoms with Crippen molar-refractivity contribution in [1.29, 1.82) is 0 Å². The lowest BCUT2D eigenvalue weighted by atomic mass is 10.00. The molecule has 6 nitrogen and oxygen atoms in total. The van der Waals surface area contributed by atoms with Gasteiger partial charge >= 0.3 is 11.9 Å². The standard InChI is InChI=1S/C30H34O6/c1-19(31)25(27(33)35-29(3,4)5)17-21-9-13-23(14-10-21)24-15-11-22(12-16-24)18-26(20(2)32)28(34)36-30(6,7)8/h9-18H,1-8H3/b25-17+,26-18+. The van der Waals surface area contributed by atoms with Gasteiger partial charge < -0.3 is 9.47 Å². The summed E-state index contributed by atoms with van der Waals surface area (Å²) in [4.78, 5) is 48.8. The SMILES string of the molecule is CC(=O)/C(=C\c1ccc(-c2ccc(/C=C(\C(C)=O)C(=O)OC(C)(C)C)cc2)cc1)C(=O)OC(C)(C)C. The minimum absolute atomic E-state index is 0.0138. The first-order chi connectivity index (χ1) is 16.6. The van der Waals surface area contributed by atoms with Crippen LogP contribution in [0.5, 0.6) is 0 Å². The van der Waals surface area contributed by atoms with Gasteiger partial charge in [0, 0.05) is 0 Å². The van der Waals surface area contributed by atoms with E-state index in [1.54, 1.807) is 41.5 Å². The second-order valence-electron chi connectivity index (χ2n) is 10.5. The van der Waals surface area contributed by atoms with Crippen LogP contribution >= 0.6 is 0 Å². The molecule has 0 heterocycles. The maximum Gasteiger partial charge on any atom is 0.342 e. The van der Waals surface area contributed by atoms with Crippen molar-refractivity contribution in [2.24, 2.45) is 0 Å². The molecule has 2 aromatic carbocycles. The van der Waals surface area contributed by atoms with E-state index in [0.717, 1.165) is 11.1 Å². The molecule has 0 aliphatic heterocycles. The topological polar surface area (TPSA) is 86.7 Å². The van der Waals surface area contributed by atoms with E-state index >= 15 is 0 Å². The van der Waals surface area contributed by atoms with Gasteiger partial charge in [-0.2, -0.15) is 0 Å². The maximum absolute atomic E-state index is 12.4. The number of Topliss-reactive ketones (excluding diaryl/α,β-unsaturated/α-hetero) is 2. The van der Waals surface area contributed by atoms with E-state index in [4.69, 9.17) is 9.47 Å². The van der Waals surface area contributed by atoms with E-state index in [2.05, 4.69) is 0 Å². The van der Waals surface area contributed by atoms with Crippen molar-refractivity contribution in [3.63, 3.8) is 0 Å². The molecule has 0 saturated carbocycles. The summed E-state index contributed by atoms with van der Waals surface area (Å²) in [6.45, 7) is 13.1. The minimum Gasteiger partial charge on any atom is -0.456 e. The van der Waals surface area contributed by atoms with E-state index in [1.165, 1.54) is 26.0 Å². The van der Waals surface area contributed by atoms with Crippen molar-refractivity contribution in [3.8, 4) is 11.1 Å². The number of rotatable bonds is 7. The van der Waals surface area contributed by atoms with E-state index in [9.17, 15) is 19.2 Å². The Morgan fingerprint density at radius 2 is 0.833 bits per heavy atom. The van der Waals surface area contributed by atoms with Crippen LogP contribution in [0, 0.1) is 0 Å². The number of benzene rings is 2. The Kier molecular flexibility index (Phi) is 8.92. The van der Waals surface area contributed by atoms with Crippen LogP contribution in [0.4, 0.5) is 0 Å². The maximum atomic E-state index is 12.4. The summed E-state index contributed by atoms with van der Waals surface area (Å²) in [6, 6.07) is 14.8. The van der Waals surface area contributed by atoms with E-state index in [-0.39, 0.29) is 22.7 Å². The summed E-state index contributed by atoms with van der Waals surface area (Å²) in [7, 11) is 0. The third-order valence-corrected chi connectivity index (χ3v) is 4.77. The first-order valence-corrected chi connectivity index (χ1v) is 11.7. The van der Waals surface area contributed by atoms with E-state index < -0.39 is 23.1 Å². The van der Waals surface area contributed by atoms with Crippen LogP contribution in [-0.2, 0) is 28.7 Å². The highest BCUT2D eigenvalue weighted by molar-refractivity contribution is 6.20. The highest BCUT2D eigenvalue weighted by Gasteiger charge is 2.23. The molecule has 0 spiro atoms.